The maximum Gasteiger partial charge on any atom is 0.168 e. The van der Waals surface area contributed by atoms with Gasteiger partial charge >= 0.3 is 0 Å². The third-order valence-electron chi connectivity index (χ3n) is 8.05. The number of hydrogen-bond acceptors (Lipinski definition) is 10. The van der Waals surface area contributed by atoms with Gasteiger partial charge in [-0.15, -0.1) is 0 Å². The third-order valence-corrected chi connectivity index (χ3v) is 8.05. The average Bonchev–Trinajstić information content (AvgIpc) is 3.58. The van der Waals surface area contributed by atoms with Crippen LogP contribution in [0.5, 0.6) is 5.75 Å². The molecule has 0 amide bonds. The zero-order valence-electron chi connectivity index (χ0n) is 24.4. The fraction of sp³-hybridized carbons (Fsp3) is 0.242. The van der Waals surface area contributed by atoms with Crippen molar-refractivity contribution in [2.75, 3.05) is 19.5 Å². The van der Waals surface area contributed by atoms with E-state index < -0.39 is 29.6 Å². The van der Waals surface area contributed by atoms with Gasteiger partial charge in [0.05, 0.1) is 20.5 Å². The normalized spacial score (nSPS) is 22.2. The highest BCUT2D eigenvalue weighted by Gasteiger charge is 2.55. The van der Waals surface area contributed by atoms with Crippen LogP contribution in [-0.4, -0.2) is 66.9 Å². The van der Waals surface area contributed by atoms with Gasteiger partial charge in [0.25, 0.3) is 0 Å². The fourth-order valence-electron chi connectivity index (χ4n) is 5.80. The van der Waals surface area contributed by atoms with Crippen molar-refractivity contribution >= 4 is 17.0 Å². The number of benzene rings is 3. The number of hydrogen-bond donors (Lipinski definition) is 4. The highest BCUT2D eigenvalue weighted by Crippen LogP contribution is 2.43. The van der Waals surface area contributed by atoms with Crippen LogP contribution >= 0.6 is 0 Å². The summed E-state index contributed by atoms with van der Waals surface area (Å²) in [5.74, 6) is 0.788. The van der Waals surface area contributed by atoms with Gasteiger partial charge in [0, 0.05) is 0 Å². The molecule has 1 saturated heterocycles. The number of imidazole rings is 1. The highest BCUT2D eigenvalue weighted by molar-refractivity contribution is 5.84. The van der Waals surface area contributed by atoms with E-state index in [9.17, 15) is 15.3 Å². The summed E-state index contributed by atoms with van der Waals surface area (Å²) in [6.07, 6.45) is 0.0830. The first kappa shape index (κ1) is 29.1. The number of nitrogens with one attached hydrogen (secondary N) is 1. The minimum atomic E-state index is -1.81. The van der Waals surface area contributed by atoms with E-state index in [1.807, 2.05) is 84.9 Å². The van der Waals surface area contributed by atoms with Crippen LogP contribution in [0.15, 0.2) is 110 Å². The van der Waals surface area contributed by atoms with Crippen molar-refractivity contribution in [1.29, 1.82) is 0 Å². The molecule has 5 aromatic rings. The van der Waals surface area contributed by atoms with Crippen LogP contribution in [0.2, 0.25) is 0 Å². The predicted molar refractivity (Wildman–Crippen MR) is 163 cm³/mol. The second-order valence-corrected chi connectivity index (χ2v) is 10.7. The van der Waals surface area contributed by atoms with Crippen LogP contribution in [-0.2, 0) is 15.0 Å². The van der Waals surface area contributed by atoms with E-state index in [-0.39, 0.29) is 5.76 Å². The number of methoxy groups -OCH3 is 2. The van der Waals surface area contributed by atoms with Crippen LogP contribution in [0.25, 0.3) is 11.2 Å². The summed E-state index contributed by atoms with van der Waals surface area (Å²) >= 11 is 0. The summed E-state index contributed by atoms with van der Waals surface area (Å²) in [7, 11) is 2.99. The Balaban J connectivity index is 1.50. The average molecular weight is 596 g/mol. The van der Waals surface area contributed by atoms with E-state index in [2.05, 4.69) is 20.3 Å². The quantitative estimate of drug-likeness (QED) is 0.144. The van der Waals surface area contributed by atoms with Crippen LogP contribution in [0.3, 0.4) is 0 Å². The lowest BCUT2D eigenvalue weighted by Gasteiger charge is -2.37. The minimum absolute atomic E-state index is 0.348. The molecule has 1 fully saturated rings. The highest BCUT2D eigenvalue weighted by atomic mass is 16.6. The van der Waals surface area contributed by atoms with Crippen molar-refractivity contribution in [2.45, 2.75) is 36.5 Å². The molecule has 0 saturated carbocycles. The smallest absolute Gasteiger partial charge is 0.168 e. The van der Waals surface area contributed by atoms with E-state index in [0.717, 1.165) is 28.7 Å². The molecule has 1 aliphatic rings. The molecule has 1 aliphatic heterocycles. The number of fused-ring (bicyclic) bond motifs is 1. The Bertz CT molecular complexity index is 1720. The molecule has 3 heterocycles. The number of nitrogens with zero attached hydrogens (tertiary/aromatic N) is 4. The SMILES string of the molecule is COC=C(O)[C@H]1O[C@@H](n2cnc3c(NC(c4ccccc4)(c4ccccc4)c4ccc(OC)cc4)ncnc32)[C@](C)(O)[C@@H]1O. The van der Waals surface area contributed by atoms with Gasteiger partial charge in [-0.2, -0.15) is 0 Å². The third kappa shape index (κ3) is 4.80. The molecule has 226 valence electrons. The van der Waals surface area contributed by atoms with Crippen LogP contribution in [0, 0.1) is 0 Å². The molecule has 2 aromatic heterocycles. The number of aliphatic hydroxyl groups is 3. The van der Waals surface area contributed by atoms with Gasteiger partial charge < -0.3 is 34.8 Å². The van der Waals surface area contributed by atoms with Gasteiger partial charge in [0.15, 0.2) is 29.0 Å². The zero-order valence-corrected chi connectivity index (χ0v) is 24.4. The summed E-state index contributed by atoms with van der Waals surface area (Å²) in [5.41, 5.74) is 0.856. The second kappa shape index (κ2) is 11.6. The van der Waals surface area contributed by atoms with Crippen LogP contribution in [0.1, 0.15) is 29.8 Å². The van der Waals surface area contributed by atoms with E-state index in [1.54, 1.807) is 7.11 Å². The fourth-order valence-corrected chi connectivity index (χ4v) is 5.80. The first-order chi connectivity index (χ1) is 21.3. The molecule has 44 heavy (non-hydrogen) atoms. The topological polar surface area (TPSA) is 144 Å². The summed E-state index contributed by atoms with van der Waals surface area (Å²) in [5, 5.41) is 36.3. The monoisotopic (exact) mass is 595 g/mol. The Morgan fingerprint density at radius 3 is 2.14 bits per heavy atom. The Labute approximate surface area is 254 Å². The molecule has 0 unspecified atom stereocenters. The van der Waals surface area contributed by atoms with E-state index >= 15 is 0 Å². The van der Waals surface area contributed by atoms with Gasteiger partial charge in [-0.25, -0.2) is 15.0 Å². The standard InChI is InChI=1S/C33H33N5O6/c1-32(41)28(40)27(25(39)18-42-2)44-31(32)38-20-36-26-29(34-19-35-30(26)38)37-33(21-10-6-4-7-11-21,22-12-8-5-9-13-22)23-14-16-24(43-3)17-15-23/h4-20,27-28,31,39-41H,1-3H3,(H,34,35,37)/t27-,28-,31-,32-/m1/s1. The van der Waals surface area contributed by atoms with Crippen molar-refractivity contribution in [3.8, 4) is 5.75 Å². The minimum Gasteiger partial charge on any atom is -0.506 e. The first-order valence-corrected chi connectivity index (χ1v) is 14.0. The Morgan fingerprint density at radius 1 is 0.932 bits per heavy atom. The molecule has 0 aliphatic carbocycles. The number of aromatic nitrogens is 4. The van der Waals surface area contributed by atoms with E-state index in [4.69, 9.17) is 14.2 Å². The van der Waals surface area contributed by atoms with Crippen molar-refractivity contribution in [3.63, 3.8) is 0 Å². The van der Waals surface area contributed by atoms with Gasteiger partial charge in [0.1, 0.15) is 41.7 Å². The number of ether oxygens (including phenoxy) is 3. The summed E-state index contributed by atoms with van der Waals surface area (Å²) < 4.78 is 17.8. The van der Waals surface area contributed by atoms with Gasteiger partial charge in [-0.05, 0) is 35.7 Å². The maximum atomic E-state index is 11.3. The Kier molecular flexibility index (Phi) is 7.68. The van der Waals surface area contributed by atoms with Gasteiger partial charge in [0.2, 0.25) is 0 Å². The van der Waals surface area contributed by atoms with Crippen molar-refractivity contribution < 1.29 is 29.5 Å². The predicted octanol–water partition coefficient (Wildman–Crippen LogP) is 4.29. The Morgan fingerprint density at radius 2 is 1.55 bits per heavy atom. The summed E-state index contributed by atoms with van der Waals surface area (Å²) in [4.78, 5) is 13.7. The number of anilines is 1. The molecule has 0 spiro atoms. The van der Waals surface area contributed by atoms with Gasteiger partial charge in [-0.3, -0.25) is 4.57 Å². The number of aliphatic hydroxyl groups excluding tert-OH is 2. The van der Waals surface area contributed by atoms with Gasteiger partial charge in [-0.1, -0.05) is 72.8 Å². The van der Waals surface area contributed by atoms with Crippen LogP contribution < -0.4 is 10.1 Å². The lowest BCUT2D eigenvalue weighted by molar-refractivity contribution is -0.0938. The summed E-state index contributed by atoms with van der Waals surface area (Å²) in [6.45, 7) is 1.42. The van der Waals surface area contributed by atoms with Crippen LogP contribution in [0.4, 0.5) is 5.82 Å². The Hall–Kier alpha value is -4.97. The molecule has 0 radical (unpaired) electrons. The molecule has 11 nitrogen and oxygen atoms in total. The molecule has 6 rings (SSSR count). The number of rotatable bonds is 9. The zero-order chi connectivity index (χ0) is 30.9. The van der Waals surface area contributed by atoms with Crippen molar-refractivity contribution in [2.24, 2.45) is 0 Å². The van der Waals surface area contributed by atoms with E-state index in [0.29, 0.717) is 17.0 Å². The molecule has 4 N–H and O–H groups in total. The molecule has 4 atom stereocenters. The second-order valence-electron chi connectivity index (χ2n) is 10.7. The largest absolute Gasteiger partial charge is 0.506 e. The molecule has 0 bridgehead atoms. The molecular formula is C33H33N5O6. The van der Waals surface area contributed by atoms with E-state index in [1.165, 1.54) is 31.3 Å². The first-order valence-electron chi connectivity index (χ1n) is 14.0. The van der Waals surface area contributed by atoms with Crippen molar-refractivity contribution in [3.05, 3.63) is 126 Å². The lowest BCUT2D eigenvalue weighted by atomic mass is 9.77. The maximum absolute atomic E-state index is 11.3. The summed E-state index contributed by atoms with van der Waals surface area (Å²) in [6, 6.07) is 27.9. The molecule has 3 aromatic carbocycles. The lowest BCUT2D eigenvalue weighted by Crippen LogP contribution is -2.43. The molecular weight excluding hydrogens is 562 g/mol. The van der Waals surface area contributed by atoms with Crippen molar-refractivity contribution in [1.82, 2.24) is 19.5 Å². The molecule has 11 heteroatoms.